The van der Waals surface area contributed by atoms with Gasteiger partial charge in [-0.3, -0.25) is 9.59 Å². The smallest absolute Gasteiger partial charge is 0.466 e. The van der Waals surface area contributed by atoms with E-state index in [1.807, 2.05) is 0 Å². The molecular formula is C10H14F3NO3. The van der Waals surface area contributed by atoms with Crippen LogP contribution in [0.15, 0.2) is 0 Å². The Labute approximate surface area is 96.7 Å². The minimum atomic E-state index is -4.88. The second-order valence-corrected chi connectivity index (χ2v) is 3.84. The largest absolute Gasteiger partial charge is 0.471 e. The molecule has 98 valence electrons. The zero-order valence-corrected chi connectivity index (χ0v) is 9.42. The van der Waals surface area contributed by atoms with Gasteiger partial charge >= 0.3 is 18.1 Å². The van der Waals surface area contributed by atoms with Crippen LogP contribution in [0.5, 0.6) is 0 Å². The summed E-state index contributed by atoms with van der Waals surface area (Å²) < 4.78 is 41.3. The Hall–Kier alpha value is -1.27. The van der Waals surface area contributed by atoms with Crippen molar-refractivity contribution >= 4 is 11.9 Å². The van der Waals surface area contributed by atoms with Gasteiger partial charge in [-0.25, -0.2) is 0 Å². The first-order chi connectivity index (χ1) is 7.86. The van der Waals surface area contributed by atoms with Crippen LogP contribution < -0.4 is 0 Å². The molecule has 0 radical (unpaired) electrons. The molecule has 1 saturated heterocycles. The number of hydrogen-bond donors (Lipinski definition) is 0. The first-order valence-corrected chi connectivity index (χ1v) is 5.39. The first-order valence-electron chi connectivity index (χ1n) is 5.39. The number of hydrogen-bond acceptors (Lipinski definition) is 3. The van der Waals surface area contributed by atoms with Gasteiger partial charge in [0.1, 0.15) is 0 Å². The van der Waals surface area contributed by atoms with Crippen LogP contribution in [0.2, 0.25) is 0 Å². The van der Waals surface area contributed by atoms with E-state index in [-0.39, 0.29) is 19.7 Å². The third-order valence-corrected chi connectivity index (χ3v) is 2.57. The van der Waals surface area contributed by atoms with Gasteiger partial charge in [0.15, 0.2) is 0 Å². The van der Waals surface area contributed by atoms with Crippen molar-refractivity contribution in [2.45, 2.75) is 25.9 Å². The fourth-order valence-corrected chi connectivity index (χ4v) is 1.79. The number of ether oxygens (including phenoxy) is 1. The lowest BCUT2D eigenvalue weighted by molar-refractivity contribution is -0.188. The highest BCUT2D eigenvalue weighted by atomic mass is 19.4. The van der Waals surface area contributed by atoms with Gasteiger partial charge in [0.05, 0.1) is 12.5 Å². The molecular weight excluding hydrogens is 239 g/mol. The van der Waals surface area contributed by atoms with Gasteiger partial charge in [0, 0.05) is 13.1 Å². The Kier molecular flexibility index (Phi) is 4.36. The highest BCUT2D eigenvalue weighted by Gasteiger charge is 2.44. The second kappa shape index (κ2) is 5.37. The van der Waals surface area contributed by atoms with Crippen LogP contribution in [0, 0.1) is 5.92 Å². The minimum Gasteiger partial charge on any atom is -0.466 e. The summed E-state index contributed by atoms with van der Waals surface area (Å²) >= 11 is 0. The maximum Gasteiger partial charge on any atom is 0.471 e. The molecule has 1 fully saturated rings. The van der Waals surface area contributed by atoms with Crippen molar-refractivity contribution in [1.29, 1.82) is 0 Å². The van der Waals surface area contributed by atoms with E-state index in [4.69, 9.17) is 4.74 Å². The number of alkyl halides is 3. The number of carbonyl (C=O) groups excluding carboxylic acids is 2. The zero-order chi connectivity index (χ0) is 13.1. The van der Waals surface area contributed by atoms with Crippen LogP contribution in [-0.4, -0.2) is 42.6 Å². The molecule has 0 N–H and O–H groups in total. The number of esters is 1. The van der Waals surface area contributed by atoms with Crippen LogP contribution in [-0.2, 0) is 14.3 Å². The van der Waals surface area contributed by atoms with Crippen molar-refractivity contribution in [3.05, 3.63) is 0 Å². The van der Waals surface area contributed by atoms with E-state index in [1.165, 1.54) is 0 Å². The van der Waals surface area contributed by atoms with Crippen molar-refractivity contribution in [1.82, 2.24) is 4.90 Å². The Morgan fingerprint density at radius 1 is 1.41 bits per heavy atom. The fraction of sp³-hybridized carbons (Fsp3) is 0.800. The quantitative estimate of drug-likeness (QED) is 0.698. The molecule has 1 aliphatic heterocycles. The molecule has 0 aromatic heterocycles. The monoisotopic (exact) mass is 253 g/mol. The van der Waals surface area contributed by atoms with Crippen molar-refractivity contribution in [3.63, 3.8) is 0 Å². The Balaban J connectivity index is 2.61. The standard InChI is InChI=1S/C10H14F3NO3/c1-2-17-8(15)7-4-3-5-14(6-7)9(16)10(11,12)13/h7H,2-6H2,1H3/t7-/m0/s1. The molecule has 1 atom stereocenters. The van der Waals surface area contributed by atoms with Crippen LogP contribution in [0.4, 0.5) is 13.2 Å². The molecule has 1 amide bonds. The Morgan fingerprint density at radius 2 is 2.06 bits per heavy atom. The van der Waals surface area contributed by atoms with E-state index >= 15 is 0 Å². The lowest BCUT2D eigenvalue weighted by Gasteiger charge is -2.31. The maximum absolute atomic E-state index is 12.2. The molecule has 7 heteroatoms. The van der Waals surface area contributed by atoms with Gasteiger partial charge in [-0.15, -0.1) is 0 Å². The third kappa shape index (κ3) is 3.61. The molecule has 17 heavy (non-hydrogen) atoms. The SMILES string of the molecule is CCOC(=O)[C@H]1CCCN(C(=O)C(F)(F)F)C1. The molecule has 0 saturated carbocycles. The normalized spacial score (nSPS) is 21.2. The van der Waals surface area contributed by atoms with Gasteiger partial charge in [-0.1, -0.05) is 0 Å². The summed E-state index contributed by atoms with van der Waals surface area (Å²) in [5.74, 6) is -3.06. The molecule has 1 heterocycles. The number of carbonyl (C=O) groups is 2. The number of nitrogens with zero attached hydrogens (tertiary/aromatic N) is 1. The maximum atomic E-state index is 12.2. The molecule has 0 bridgehead atoms. The number of piperidine rings is 1. The first kappa shape index (κ1) is 13.8. The van der Waals surface area contributed by atoms with Crippen molar-refractivity contribution in [3.8, 4) is 0 Å². The summed E-state index contributed by atoms with van der Waals surface area (Å²) in [7, 11) is 0. The van der Waals surface area contributed by atoms with Gasteiger partial charge in [0.25, 0.3) is 0 Å². The highest BCUT2D eigenvalue weighted by Crippen LogP contribution is 2.24. The lowest BCUT2D eigenvalue weighted by Crippen LogP contribution is -2.48. The van der Waals surface area contributed by atoms with Crippen molar-refractivity contribution in [2.75, 3.05) is 19.7 Å². The average Bonchev–Trinajstić information content (AvgIpc) is 2.27. The van der Waals surface area contributed by atoms with E-state index in [9.17, 15) is 22.8 Å². The predicted molar refractivity (Wildman–Crippen MR) is 52.0 cm³/mol. The van der Waals surface area contributed by atoms with Crippen molar-refractivity contribution < 1.29 is 27.5 Å². The Bertz CT molecular complexity index is 304. The van der Waals surface area contributed by atoms with Crippen molar-refractivity contribution in [2.24, 2.45) is 5.92 Å². The fourth-order valence-electron chi connectivity index (χ4n) is 1.79. The third-order valence-electron chi connectivity index (χ3n) is 2.57. The molecule has 1 rings (SSSR count). The summed E-state index contributed by atoms with van der Waals surface area (Å²) in [5.41, 5.74) is 0. The summed E-state index contributed by atoms with van der Waals surface area (Å²) in [6, 6.07) is 0. The summed E-state index contributed by atoms with van der Waals surface area (Å²) in [6.45, 7) is 1.63. The molecule has 0 aromatic carbocycles. The number of rotatable bonds is 2. The summed E-state index contributed by atoms with van der Waals surface area (Å²) in [4.78, 5) is 23.0. The van der Waals surface area contributed by atoms with Gasteiger partial charge in [-0.2, -0.15) is 13.2 Å². The van der Waals surface area contributed by atoms with E-state index in [0.717, 1.165) is 0 Å². The Morgan fingerprint density at radius 3 is 2.59 bits per heavy atom. The molecule has 1 aliphatic rings. The van der Waals surface area contributed by atoms with E-state index in [1.54, 1.807) is 6.92 Å². The summed E-state index contributed by atoms with van der Waals surface area (Å²) in [5, 5.41) is 0. The van der Waals surface area contributed by atoms with Gasteiger partial charge in [0.2, 0.25) is 0 Å². The lowest BCUT2D eigenvalue weighted by atomic mass is 9.98. The van der Waals surface area contributed by atoms with Gasteiger partial charge in [-0.05, 0) is 19.8 Å². The van der Waals surface area contributed by atoms with Gasteiger partial charge < -0.3 is 9.64 Å². The van der Waals surface area contributed by atoms with Crippen LogP contribution >= 0.6 is 0 Å². The predicted octanol–water partition coefficient (Wildman–Crippen LogP) is 1.35. The van der Waals surface area contributed by atoms with Crippen LogP contribution in [0.1, 0.15) is 19.8 Å². The number of amides is 1. The summed E-state index contributed by atoms with van der Waals surface area (Å²) in [6.07, 6.45) is -4.04. The van der Waals surface area contributed by atoms with E-state index < -0.39 is 24.0 Å². The van der Waals surface area contributed by atoms with Crippen LogP contribution in [0.3, 0.4) is 0 Å². The molecule has 0 spiro atoms. The van der Waals surface area contributed by atoms with Crippen LogP contribution in [0.25, 0.3) is 0 Å². The topological polar surface area (TPSA) is 46.6 Å². The van der Waals surface area contributed by atoms with E-state index in [0.29, 0.717) is 17.7 Å². The number of halogens is 3. The van der Waals surface area contributed by atoms with E-state index in [2.05, 4.69) is 0 Å². The highest BCUT2D eigenvalue weighted by molar-refractivity contribution is 5.83. The molecule has 0 unspecified atom stereocenters. The zero-order valence-electron chi connectivity index (χ0n) is 9.42. The average molecular weight is 253 g/mol. The second-order valence-electron chi connectivity index (χ2n) is 3.84. The molecule has 0 aliphatic carbocycles. The molecule has 0 aromatic rings. The number of likely N-dealkylation sites (tertiary alicyclic amines) is 1. The molecule has 4 nitrogen and oxygen atoms in total. The minimum absolute atomic E-state index is 0.0360.